The molecule has 3 aliphatic rings. The van der Waals surface area contributed by atoms with Crippen LogP contribution in [0, 0.1) is 0 Å². The minimum absolute atomic E-state index is 0.266. The van der Waals surface area contributed by atoms with E-state index in [0.717, 1.165) is 19.6 Å². The van der Waals surface area contributed by atoms with Gasteiger partial charge in [0.2, 0.25) is 0 Å². The van der Waals surface area contributed by atoms with E-state index >= 15 is 0 Å². The number of hydrogen-bond donors (Lipinski definition) is 1. The molecule has 104 valence electrons. The molecule has 2 saturated heterocycles. The lowest BCUT2D eigenvalue weighted by Crippen LogP contribution is -2.40. The molecule has 3 nitrogen and oxygen atoms in total. The molecular formula is C15H27NO2. The molecule has 3 atom stereocenters. The lowest BCUT2D eigenvalue weighted by atomic mass is 9.83. The highest BCUT2D eigenvalue weighted by molar-refractivity contribution is 4.92. The molecule has 18 heavy (non-hydrogen) atoms. The maximum Gasteiger partial charge on any atom is 0.0708 e. The van der Waals surface area contributed by atoms with Gasteiger partial charge in [0.15, 0.2) is 0 Å². The zero-order valence-electron chi connectivity index (χ0n) is 11.6. The fourth-order valence-electron chi connectivity index (χ4n) is 3.89. The van der Waals surface area contributed by atoms with Crippen LogP contribution in [0.3, 0.4) is 0 Å². The van der Waals surface area contributed by atoms with Crippen molar-refractivity contribution in [2.24, 2.45) is 0 Å². The first-order valence-corrected chi connectivity index (χ1v) is 7.80. The third kappa shape index (κ3) is 2.73. The van der Waals surface area contributed by atoms with E-state index in [9.17, 15) is 0 Å². The molecule has 0 amide bonds. The Balaban J connectivity index is 1.44. The Morgan fingerprint density at radius 2 is 1.94 bits per heavy atom. The van der Waals surface area contributed by atoms with Gasteiger partial charge in [-0.2, -0.15) is 0 Å². The van der Waals surface area contributed by atoms with Crippen LogP contribution in [-0.4, -0.2) is 37.0 Å². The first-order valence-electron chi connectivity index (χ1n) is 7.80. The summed E-state index contributed by atoms with van der Waals surface area (Å²) in [6, 6.07) is 0.538. The SMILES string of the molecule is CC1OCCC1NCC1CCC2(CCCCC2)O1. The average Bonchev–Trinajstić information content (AvgIpc) is 2.96. The lowest BCUT2D eigenvalue weighted by molar-refractivity contribution is -0.0633. The van der Waals surface area contributed by atoms with Gasteiger partial charge in [0.1, 0.15) is 0 Å². The van der Waals surface area contributed by atoms with Crippen molar-refractivity contribution < 1.29 is 9.47 Å². The maximum absolute atomic E-state index is 6.38. The van der Waals surface area contributed by atoms with Gasteiger partial charge in [0.05, 0.1) is 17.8 Å². The van der Waals surface area contributed by atoms with E-state index in [1.165, 1.54) is 44.9 Å². The van der Waals surface area contributed by atoms with Crippen LogP contribution in [0.1, 0.15) is 58.3 Å². The Labute approximate surface area is 111 Å². The number of hydrogen-bond acceptors (Lipinski definition) is 3. The van der Waals surface area contributed by atoms with Crippen molar-refractivity contribution in [3.8, 4) is 0 Å². The van der Waals surface area contributed by atoms with Crippen LogP contribution < -0.4 is 5.32 Å². The normalized spacial score (nSPS) is 39.5. The van der Waals surface area contributed by atoms with Gasteiger partial charge in [-0.1, -0.05) is 19.3 Å². The average molecular weight is 253 g/mol. The van der Waals surface area contributed by atoms with Crippen molar-refractivity contribution in [2.75, 3.05) is 13.2 Å². The molecule has 0 radical (unpaired) electrons. The number of ether oxygens (including phenoxy) is 2. The van der Waals surface area contributed by atoms with Crippen molar-refractivity contribution in [3.63, 3.8) is 0 Å². The predicted octanol–water partition coefficient (Wildman–Crippen LogP) is 2.64. The molecule has 0 bridgehead atoms. The first-order chi connectivity index (χ1) is 8.77. The van der Waals surface area contributed by atoms with E-state index in [1.807, 2.05) is 0 Å². The van der Waals surface area contributed by atoms with Gasteiger partial charge in [0, 0.05) is 19.2 Å². The van der Waals surface area contributed by atoms with Crippen molar-refractivity contribution >= 4 is 0 Å². The summed E-state index contributed by atoms with van der Waals surface area (Å²) in [4.78, 5) is 0. The molecule has 3 unspecified atom stereocenters. The van der Waals surface area contributed by atoms with Crippen LogP contribution in [0.25, 0.3) is 0 Å². The topological polar surface area (TPSA) is 30.5 Å². The molecule has 3 rings (SSSR count). The van der Waals surface area contributed by atoms with Crippen LogP contribution in [0.2, 0.25) is 0 Å². The van der Waals surface area contributed by atoms with Gasteiger partial charge < -0.3 is 14.8 Å². The molecular weight excluding hydrogens is 226 g/mol. The van der Waals surface area contributed by atoms with Crippen LogP contribution in [0.15, 0.2) is 0 Å². The van der Waals surface area contributed by atoms with Crippen molar-refractivity contribution in [3.05, 3.63) is 0 Å². The van der Waals surface area contributed by atoms with Gasteiger partial charge in [0.25, 0.3) is 0 Å². The Kier molecular flexibility index (Phi) is 3.92. The minimum atomic E-state index is 0.266. The summed E-state index contributed by atoms with van der Waals surface area (Å²) in [6.07, 6.45) is 11.2. The Morgan fingerprint density at radius 3 is 2.67 bits per heavy atom. The molecule has 1 saturated carbocycles. The first kappa shape index (κ1) is 12.9. The van der Waals surface area contributed by atoms with Crippen LogP contribution in [0.4, 0.5) is 0 Å². The van der Waals surface area contributed by atoms with Gasteiger partial charge in [-0.25, -0.2) is 0 Å². The fraction of sp³-hybridized carbons (Fsp3) is 1.00. The monoisotopic (exact) mass is 253 g/mol. The van der Waals surface area contributed by atoms with Crippen LogP contribution >= 0.6 is 0 Å². The third-order valence-corrected chi connectivity index (χ3v) is 5.09. The molecule has 2 aliphatic heterocycles. The van der Waals surface area contributed by atoms with Crippen LogP contribution in [-0.2, 0) is 9.47 Å². The highest BCUT2D eigenvalue weighted by atomic mass is 16.5. The quantitative estimate of drug-likeness (QED) is 0.838. The summed E-state index contributed by atoms with van der Waals surface area (Å²) >= 11 is 0. The van der Waals surface area contributed by atoms with Gasteiger partial charge in [-0.15, -0.1) is 0 Å². The molecule has 3 fully saturated rings. The summed E-state index contributed by atoms with van der Waals surface area (Å²) in [5, 5.41) is 3.65. The Morgan fingerprint density at radius 1 is 1.11 bits per heavy atom. The summed E-state index contributed by atoms with van der Waals surface area (Å²) in [7, 11) is 0. The van der Waals surface area contributed by atoms with E-state index in [4.69, 9.17) is 9.47 Å². The summed E-state index contributed by atoms with van der Waals surface area (Å²) in [6.45, 7) is 4.09. The molecule has 1 N–H and O–H groups in total. The molecule has 0 aromatic carbocycles. The molecule has 1 spiro atoms. The largest absolute Gasteiger partial charge is 0.377 e. The minimum Gasteiger partial charge on any atom is -0.377 e. The second kappa shape index (κ2) is 5.48. The fourth-order valence-corrected chi connectivity index (χ4v) is 3.89. The molecule has 1 aliphatic carbocycles. The van der Waals surface area contributed by atoms with E-state index in [2.05, 4.69) is 12.2 Å². The molecule has 3 heteroatoms. The van der Waals surface area contributed by atoms with Crippen molar-refractivity contribution in [1.82, 2.24) is 5.32 Å². The van der Waals surface area contributed by atoms with Crippen molar-refractivity contribution in [2.45, 2.75) is 82.1 Å². The van der Waals surface area contributed by atoms with Crippen LogP contribution in [0.5, 0.6) is 0 Å². The third-order valence-electron chi connectivity index (χ3n) is 5.09. The zero-order valence-corrected chi connectivity index (χ0v) is 11.6. The standard InChI is InChI=1S/C15H27NO2/c1-12-14(6-10-17-12)16-11-13-5-9-15(18-13)7-3-2-4-8-15/h12-14,16H,2-11H2,1H3. The van der Waals surface area contributed by atoms with E-state index < -0.39 is 0 Å². The van der Waals surface area contributed by atoms with E-state index in [-0.39, 0.29) is 5.60 Å². The maximum atomic E-state index is 6.38. The van der Waals surface area contributed by atoms with Gasteiger partial charge in [-0.3, -0.25) is 0 Å². The summed E-state index contributed by atoms with van der Waals surface area (Å²) in [5.41, 5.74) is 0.266. The van der Waals surface area contributed by atoms with Gasteiger partial charge >= 0.3 is 0 Å². The Hall–Kier alpha value is -0.120. The predicted molar refractivity (Wildman–Crippen MR) is 71.7 cm³/mol. The van der Waals surface area contributed by atoms with E-state index in [0.29, 0.717) is 18.2 Å². The second-order valence-electron chi connectivity index (χ2n) is 6.40. The second-order valence-corrected chi connectivity index (χ2v) is 6.40. The van der Waals surface area contributed by atoms with Gasteiger partial charge in [-0.05, 0) is 39.0 Å². The zero-order chi connectivity index (χ0) is 12.4. The molecule has 0 aromatic rings. The Bertz CT molecular complexity index is 276. The van der Waals surface area contributed by atoms with E-state index in [1.54, 1.807) is 0 Å². The highest BCUT2D eigenvalue weighted by Crippen LogP contribution is 2.41. The summed E-state index contributed by atoms with van der Waals surface area (Å²) < 4.78 is 12.0. The highest BCUT2D eigenvalue weighted by Gasteiger charge is 2.40. The summed E-state index contributed by atoms with van der Waals surface area (Å²) in [5.74, 6) is 0. The number of nitrogens with one attached hydrogen (secondary N) is 1. The number of rotatable bonds is 3. The molecule has 0 aromatic heterocycles. The lowest BCUT2D eigenvalue weighted by Gasteiger charge is -2.33. The molecule has 2 heterocycles. The smallest absolute Gasteiger partial charge is 0.0708 e. The van der Waals surface area contributed by atoms with Crippen molar-refractivity contribution in [1.29, 1.82) is 0 Å².